The van der Waals surface area contributed by atoms with Gasteiger partial charge in [0.25, 0.3) is 0 Å². The number of aromatic nitrogens is 2. The van der Waals surface area contributed by atoms with Gasteiger partial charge in [0.1, 0.15) is 0 Å². The van der Waals surface area contributed by atoms with E-state index in [2.05, 4.69) is 50.4 Å². The van der Waals surface area contributed by atoms with Crippen LogP contribution in [0.3, 0.4) is 0 Å². The minimum absolute atomic E-state index is 0.360. The smallest absolute Gasteiger partial charge is 0.0630 e. The van der Waals surface area contributed by atoms with Gasteiger partial charge < -0.3 is 5.32 Å². The van der Waals surface area contributed by atoms with E-state index in [4.69, 9.17) is 0 Å². The molecule has 0 saturated heterocycles. The first kappa shape index (κ1) is 17.2. The predicted molar refractivity (Wildman–Crippen MR) is 86.9 cm³/mol. The molecule has 1 rings (SSSR count). The second-order valence-corrected chi connectivity index (χ2v) is 6.64. The Morgan fingerprint density at radius 3 is 2.60 bits per heavy atom. The van der Waals surface area contributed by atoms with E-state index in [-0.39, 0.29) is 0 Å². The van der Waals surface area contributed by atoms with Gasteiger partial charge in [0.15, 0.2) is 0 Å². The van der Waals surface area contributed by atoms with Crippen molar-refractivity contribution < 1.29 is 0 Å². The van der Waals surface area contributed by atoms with E-state index in [1.807, 2.05) is 11.7 Å². The van der Waals surface area contributed by atoms with Crippen LogP contribution in [0, 0.1) is 11.3 Å². The first-order valence-corrected chi connectivity index (χ1v) is 8.20. The molecule has 3 nitrogen and oxygen atoms in total. The molecule has 0 aliphatic heterocycles. The summed E-state index contributed by atoms with van der Waals surface area (Å²) in [7, 11) is 2.00. The fourth-order valence-corrected chi connectivity index (χ4v) is 2.79. The van der Waals surface area contributed by atoms with Gasteiger partial charge in [0, 0.05) is 19.8 Å². The Kier molecular flexibility index (Phi) is 7.28. The second kappa shape index (κ2) is 8.46. The van der Waals surface area contributed by atoms with Gasteiger partial charge in [-0.15, -0.1) is 0 Å². The minimum Gasteiger partial charge on any atom is -0.316 e. The molecule has 1 unspecified atom stereocenters. The van der Waals surface area contributed by atoms with E-state index in [1.54, 1.807) is 0 Å². The van der Waals surface area contributed by atoms with Gasteiger partial charge in [0.2, 0.25) is 0 Å². The second-order valence-electron chi connectivity index (χ2n) is 6.64. The fourth-order valence-electron chi connectivity index (χ4n) is 2.79. The molecular weight excluding hydrogens is 246 g/mol. The van der Waals surface area contributed by atoms with Crippen LogP contribution in [0.15, 0.2) is 12.3 Å². The van der Waals surface area contributed by atoms with Crippen molar-refractivity contribution in [2.24, 2.45) is 18.4 Å². The molecule has 1 N–H and O–H groups in total. The van der Waals surface area contributed by atoms with E-state index in [1.165, 1.54) is 31.4 Å². The Morgan fingerprint density at radius 1 is 1.35 bits per heavy atom. The molecule has 20 heavy (non-hydrogen) atoms. The lowest BCUT2D eigenvalue weighted by atomic mass is 9.76. The van der Waals surface area contributed by atoms with Crippen molar-refractivity contribution in [3.8, 4) is 0 Å². The highest BCUT2D eigenvalue weighted by molar-refractivity contribution is 5.03. The monoisotopic (exact) mass is 279 g/mol. The molecule has 3 heteroatoms. The highest BCUT2D eigenvalue weighted by Crippen LogP contribution is 2.32. The number of hydrogen-bond donors (Lipinski definition) is 1. The third-order valence-electron chi connectivity index (χ3n) is 4.19. The lowest BCUT2D eigenvalue weighted by molar-refractivity contribution is 0.223. The number of aryl methyl sites for hydroxylation is 1. The highest BCUT2D eigenvalue weighted by Gasteiger charge is 2.28. The van der Waals surface area contributed by atoms with Crippen molar-refractivity contribution in [1.29, 1.82) is 0 Å². The molecule has 0 aliphatic carbocycles. The summed E-state index contributed by atoms with van der Waals surface area (Å²) in [5, 5.41) is 8.26. The summed E-state index contributed by atoms with van der Waals surface area (Å²) in [5.41, 5.74) is 1.59. The largest absolute Gasteiger partial charge is 0.316 e. The van der Waals surface area contributed by atoms with Gasteiger partial charge >= 0.3 is 0 Å². The van der Waals surface area contributed by atoms with Gasteiger partial charge in [-0.3, -0.25) is 4.68 Å². The van der Waals surface area contributed by atoms with Gasteiger partial charge in [0.05, 0.1) is 5.69 Å². The summed E-state index contributed by atoms with van der Waals surface area (Å²) in [6, 6.07) is 2.17. The summed E-state index contributed by atoms with van der Waals surface area (Å²) in [4.78, 5) is 0. The maximum absolute atomic E-state index is 4.58. The van der Waals surface area contributed by atoms with E-state index in [0.717, 1.165) is 19.5 Å². The lowest BCUT2D eigenvalue weighted by Gasteiger charge is -2.33. The molecule has 0 aromatic carbocycles. The SMILES string of the molecule is CCCCC(CC)(CNCC(C)C)Cc1ccn(C)n1. The highest BCUT2D eigenvalue weighted by atomic mass is 15.2. The van der Waals surface area contributed by atoms with Crippen LogP contribution in [0.4, 0.5) is 0 Å². The summed E-state index contributed by atoms with van der Waals surface area (Å²) in [6.45, 7) is 11.4. The lowest BCUT2D eigenvalue weighted by Crippen LogP contribution is -2.37. The fraction of sp³-hybridized carbons (Fsp3) is 0.824. The topological polar surface area (TPSA) is 29.9 Å². The van der Waals surface area contributed by atoms with Crippen molar-refractivity contribution in [2.75, 3.05) is 13.1 Å². The van der Waals surface area contributed by atoms with Crippen LogP contribution in [0.2, 0.25) is 0 Å². The van der Waals surface area contributed by atoms with Crippen molar-refractivity contribution in [3.05, 3.63) is 18.0 Å². The van der Waals surface area contributed by atoms with Gasteiger partial charge in [-0.2, -0.15) is 5.10 Å². The molecule has 1 aromatic rings. The van der Waals surface area contributed by atoms with Crippen LogP contribution in [-0.2, 0) is 13.5 Å². The predicted octanol–water partition coefficient (Wildman–Crippen LogP) is 3.79. The molecule has 1 atom stereocenters. The summed E-state index contributed by atoms with van der Waals surface area (Å²) < 4.78 is 1.91. The summed E-state index contributed by atoms with van der Waals surface area (Å²) >= 11 is 0. The Balaban J connectivity index is 2.69. The molecule has 0 fully saturated rings. The molecule has 116 valence electrons. The first-order valence-electron chi connectivity index (χ1n) is 8.20. The van der Waals surface area contributed by atoms with Crippen LogP contribution < -0.4 is 5.32 Å². The summed E-state index contributed by atoms with van der Waals surface area (Å²) in [5.74, 6) is 0.714. The standard InChI is InChI=1S/C17H33N3/c1-6-8-10-17(7-2,14-18-13-15(3)4)12-16-9-11-20(5)19-16/h9,11,15,18H,6-8,10,12-14H2,1-5H3. The van der Waals surface area contributed by atoms with Crippen LogP contribution in [-0.4, -0.2) is 22.9 Å². The molecule has 0 spiro atoms. The third kappa shape index (κ3) is 5.66. The number of nitrogens with zero attached hydrogens (tertiary/aromatic N) is 2. The zero-order chi connectivity index (χ0) is 15.0. The molecule has 0 aliphatic rings. The van der Waals surface area contributed by atoms with Crippen molar-refractivity contribution >= 4 is 0 Å². The van der Waals surface area contributed by atoms with E-state index in [0.29, 0.717) is 11.3 Å². The maximum Gasteiger partial charge on any atom is 0.0630 e. The number of nitrogens with one attached hydrogen (secondary N) is 1. The van der Waals surface area contributed by atoms with Crippen molar-refractivity contribution in [3.63, 3.8) is 0 Å². The van der Waals surface area contributed by atoms with Crippen molar-refractivity contribution in [2.45, 2.75) is 59.8 Å². The average molecular weight is 279 g/mol. The summed E-state index contributed by atoms with van der Waals surface area (Å²) in [6.07, 6.45) is 8.24. The Labute approximate surface area is 125 Å². The molecule has 1 aromatic heterocycles. The van der Waals surface area contributed by atoms with E-state index >= 15 is 0 Å². The zero-order valence-electron chi connectivity index (χ0n) is 14.1. The van der Waals surface area contributed by atoms with Crippen molar-refractivity contribution in [1.82, 2.24) is 15.1 Å². The number of hydrogen-bond acceptors (Lipinski definition) is 2. The third-order valence-corrected chi connectivity index (χ3v) is 4.19. The molecule has 1 heterocycles. The molecule has 0 bridgehead atoms. The quantitative estimate of drug-likeness (QED) is 0.706. The van der Waals surface area contributed by atoms with Crippen LogP contribution >= 0.6 is 0 Å². The first-order chi connectivity index (χ1) is 9.51. The molecule has 0 saturated carbocycles. The molecular formula is C17H33N3. The van der Waals surface area contributed by atoms with Crippen LogP contribution in [0.1, 0.15) is 59.1 Å². The van der Waals surface area contributed by atoms with Gasteiger partial charge in [-0.25, -0.2) is 0 Å². The molecule has 0 amide bonds. The average Bonchev–Trinajstić information content (AvgIpc) is 2.80. The minimum atomic E-state index is 0.360. The van der Waals surface area contributed by atoms with Crippen LogP contribution in [0.25, 0.3) is 0 Å². The molecule has 0 radical (unpaired) electrons. The van der Waals surface area contributed by atoms with Crippen LogP contribution in [0.5, 0.6) is 0 Å². The number of unbranched alkanes of at least 4 members (excludes halogenated alkanes) is 1. The van der Waals surface area contributed by atoms with Gasteiger partial charge in [-0.1, -0.05) is 40.5 Å². The van der Waals surface area contributed by atoms with E-state index < -0.39 is 0 Å². The Bertz CT molecular complexity index is 370. The Hall–Kier alpha value is -0.830. The zero-order valence-corrected chi connectivity index (χ0v) is 14.1. The normalized spacial score (nSPS) is 14.7. The van der Waals surface area contributed by atoms with Gasteiger partial charge in [-0.05, 0) is 43.2 Å². The Morgan fingerprint density at radius 2 is 2.10 bits per heavy atom. The number of rotatable bonds is 10. The van der Waals surface area contributed by atoms with E-state index in [9.17, 15) is 0 Å². The maximum atomic E-state index is 4.58.